The molecule has 90 valence electrons. The van der Waals surface area contributed by atoms with Gasteiger partial charge in [-0.05, 0) is 24.2 Å². The van der Waals surface area contributed by atoms with Crippen LogP contribution in [-0.4, -0.2) is 25.2 Å². The van der Waals surface area contributed by atoms with Crippen molar-refractivity contribution in [2.24, 2.45) is 17.8 Å². The summed E-state index contributed by atoms with van der Waals surface area (Å²) in [5, 5.41) is 3.47. The normalized spacial score (nSPS) is 34.1. The molecule has 0 amide bonds. The third kappa shape index (κ3) is 2.01. The molecule has 4 atom stereocenters. The molecular weight excluding hydrogens is 202 g/mol. The van der Waals surface area contributed by atoms with Gasteiger partial charge in [-0.2, -0.15) is 0 Å². The molecule has 2 aliphatic rings. The lowest BCUT2D eigenvalue weighted by atomic mass is 9.77. The Morgan fingerprint density at radius 2 is 2.19 bits per heavy atom. The fraction of sp³-hybridized carbons (Fsp3) is 0.769. The molecule has 1 saturated heterocycles. The molecule has 4 unspecified atom stereocenters. The molecule has 0 aromatic carbocycles. The van der Waals surface area contributed by atoms with Gasteiger partial charge in [-0.1, -0.05) is 26.8 Å². The van der Waals surface area contributed by atoms with Gasteiger partial charge in [-0.3, -0.25) is 0 Å². The molecule has 0 bridgehead atoms. The van der Waals surface area contributed by atoms with Crippen molar-refractivity contribution in [2.45, 2.75) is 39.3 Å². The van der Waals surface area contributed by atoms with Gasteiger partial charge >= 0.3 is 5.97 Å². The number of nitrogens with one attached hydrogen (secondary N) is 1. The zero-order valence-corrected chi connectivity index (χ0v) is 10.5. The van der Waals surface area contributed by atoms with Crippen LogP contribution in [0.2, 0.25) is 0 Å². The highest BCUT2D eigenvalue weighted by atomic mass is 16.5. The average Bonchev–Trinajstić information content (AvgIpc) is 3.04. The molecule has 1 fully saturated rings. The van der Waals surface area contributed by atoms with E-state index in [1.807, 2.05) is 0 Å². The second kappa shape index (κ2) is 4.21. The minimum Gasteiger partial charge on any atom is -0.466 e. The van der Waals surface area contributed by atoms with Crippen molar-refractivity contribution < 1.29 is 9.53 Å². The van der Waals surface area contributed by atoms with Crippen LogP contribution in [0.3, 0.4) is 0 Å². The first kappa shape index (κ1) is 11.6. The van der Waals surface area contributed by atoms with Crippen molar-refractivity contribution in [1.29, 1.82) is 0 Å². The minimum absolute atomic E-state index is 0.159. The summed E-state index contributed by atoms with van der Waals surface area (Å²) in [6, 6.07) is 1.09. The smallest absolute Gasteiger partial charge is 0.333 e. The summed E-state index contributed by atoms with van der Waals surface area (Å²) in [6.45, 7) is 6.74. The van der Waals surface area contributed by atoms with E-state index in [1.54, 1.807) is 0 Å². The summed E-state index contributed by atoms with van der Waals surface area (Å²) in [6.07, 6.45) is 2.97. The van der Waals surface area contributed by atoms with Crippen LogP contribution in [0.25, 0.3) is 0 Å². The van der Waals surface area contributed by atoms with Gasteiger partial charge in [0.25, 0.3) is 0 Å². The van der Waals surface area contributed by atoms with Crippen molar-refractivity contribution in [3.05, 3.63) is 11.6 Å². The van der Waals surface area contributed by atoms with E-state index in [9.17, 15) is 4.79 Å². The molecule has 0 aromatic heterocycles. The number of carbonyl (C=O) groups excluding carboxylic acids is 1. The van der Waals surface area contributed by atoms with E-state index < -0.39 is 0 Å². The van der Waals surface area contributed by atoms with Crippen LogP contribution in [0.1, 0.15) is 27.2 Å². The van der Waals surface area contributed by atoms with E-state index in [0.29, 0.717) is 29.8 Å². The van der Waals surface area contributed by atoms with Crippen molar-refractivity contribution in [3.63, 3.8) is 0 Å². The lowest BCUT2D eigenvalue weighted by Gasteiger charge is -2.27. The fourth-order valence-corrected chi connectivity index (χ4v) is 2.60. The summed E-state index contributed by atoms with van der Waals surface area (Å²) >= 11 is 0. The van der Waals surface area contributed by atoms with Gasteiger partial charge in [0.1, 0.15) is 0 Å². The molecule has 0 radical (unpaired) electrons. The van der Waals surface area contributed by atoms with Gasteiger partial charge in [-0.15, -0.1) is 0 Å². The summed E-state index contributed by atoms with van der Waals surface area (Å²) < 4.78 is 4.81. The summed E-state index contributed by atoms with van der Waals surface area (Å²) in [7, 11) is 1.45. The zero-order valence-electron chi connectivity index (χ0n) is 10.5. The lowest BCUT2D eigenvalue weighted by Crippen LogP contribution is -2.27. The molecule has 1 N–H and O–H groups in total. The largest absolute Gasteiger partial charge is 0.466 e. The van der Waals surface area contributed by atoms with Crippen molar-refractivity contribution in [1.82, 2.24) is 5.32 Å². The topological polar surface area (TPSA) is 48.2 Å². The van der Waals surface area contributed by atoms with Gasteiger partial charge < -0.3 is 10.1 Å². The van der Waals surface area contributed by atoms with Crippen molar-refractivity contribution >= 4 is 5.97 Å². The fourth-order valence-electron chi connectivity index (χ4n) is 2.60. The maximum atomic E-state index is 11.6. The van der Waals surface area contributed by atoms with E-state index in [4.69, 9.17) is 4.74 Å². The molecule has 0 saturated carbocycles. The summed E-state index contributed by atoms with van der Waals surface area (Å²) in [5.74, 6) is 1.56. The molecule has 1 aliphatic carbocycles. The van der Waals surface area contributed by atoms with Crippen LogP contribution in [0.5, 0.6) is 0 Å². The molecule has 1 heterocycles. The second-order valence-electron chi connectivity index (χ2n) is 5.37. The Hall–Kier alpha value is -0.830. The minimum atomic E-state index is -0.159. The number of hydrogen-bond acceptors (Lipinski definition) is 3. The Morgan fingerprint density at radius 3 is 2.75 bits per heavy atom. The van der Waals surface area contributed by atoms with Crippen LogP contribution in [0, 0.1) is 17.8 Å². The van der Waals surface area contributed by atoms with Gasteiger partial charge in [0.15, 0.2) is 0 Å². The Labute approximate surface area is 97.2 Å². The van der Waals surface area contributed by atoms with Crippen LogP contribution in [0.4, 0.5) is 0 Å². The van der Waals surface area contributed by atoms with Crippen LogP contribution in [-0.2, 0) is 9.53 Å². The first-order chi connectivity index (χ1) is 7.54. The maximum absolute atomic E-state index is 11.6. The zero-order chi connectivity index (χ0) is 11.9. The number of carbonyl (C=O) groups is 1. The SMILES string of the molecule is COC(=O)C1=CC(C(C)C(C)C)C2NC2C1. The first-order valence-electron chi connectivity index (χ1n) is 6.09. The van der Waals surface area contributed by atoms with E-state index in [-0.39, 0.29) is 5.97 Å². The molecule has 3 nitrogen and oxygen atoms in total. The monoisotopic (exact) mass is 223 g/mol. The molecule has 1 aliphatic heterocycles. The molecule has 3 heteroatoms. The number of rotatable bonds is 3. The van der Waals surface area contributed by atoms with Crippen LogP contribution >= 0.6 is 0 Å². The predicted molar refractivity (Wildman–Crippen MR) is 62.9 cm³/mol. The van der Waals surface area contributed by atoms with Gasteiger partial charge in [0, 0.05) is 17.7 Å². The third-order valence-corrected chi connectivity index (χ3v) is 4.09. The Kier molecular flexibility index (Phi) is 3.06. The Bertz CT molecular complexity index is 322. The van der Waals surface area contributed by atoms with Crippen LogP contribution < -0.4 is 5.32 Å². The number of hydrogen-bond donors (Lipinski definition) is 1. The predicted octanol–water partition coefficient (Wildman–Crippen LogP) is 1.74. The quantitative estimate of drug-likeness (QED) is 0.585. The van der Waals surface area contributed by atoms with Gasteiger partial charge in [-0.25, -0.2) is 4.79 Å². The highest BCUT2D eigenvalue weighted by Crippen LogP contribution is 2.39. The molecule has 0 aromatic rings. The van der Waals surface area contributed by atoms with E-state index in [0.717, 1.165) is 12.0 Å². The number of esters is 1. The molecular formula is C13H21NO2. The molecule has 16 heavy (non-hydrogen) atoms. The standard InChI is InChI=1S/C13H21NO2/c1-7(2)8(3)10-5-9(13(15)16-4)6-11-12(10)14-11/h5,7-8,10-12,14H,6H2,1-4H3. The van der Waals surface area contributed by atoms with Gasteiger partial charge in [0.05, 0.1) is 7.11 Å². The van der Waals surface area contributed by atoms with E-state index in [1.165, 1.54) is 7.11 Å². The Morgan fingerprint density at radius 1 is 1.50 bits per heavy atom. The molecule has 0 spiro atoms. The maximum Gasteiger partial charge on any atom is 0.333 e. The third-order valence-electron chi connectivity index (χ3n) is 4.09. The highest BCUT2D eigenvalue weighted by Gasteiger charge is 2.47. The second-order valence-corrected chi connectivity index (χ2v) is 5.37. The molecule has 2 rings (SSSR count). The average molecular weight is 223 g/mol. The van der Waals surface area contributed by atoms with Crippen LogP contribution in [0.15, 0.2) is 11.6 Å². The Balaban J connectivity index is 2.15. The van der Waals surface area contributed by atoms with Crippen molar-refractivity contribution in [2.75, 3.05) is 7.11 Å². The van der Waals surface area contributed by atoms with Crippen molar-refractivity contribution in [3.8, 4) is 0 Å². The number of ether oxygens (including phenoxy) is 1. The highest BCUT2D eigenvalue weighted by molar-refractivity contribution is 5.89. The van der Waals surface area contributed by atoms with Gasteiger partial charge in [0.2, 0.25) is 0 Å². The number of methoxy groups -OCH3 is 1. The first-order valence-corrected chi connectivity index (χ1v) is 6.09. The van der Waals surface area contributed by atoms with E-state index >= 15 is 0 Å². The van der Waals surface area contributed by atoms with E-state index in [2.05, 4.69) is 32.2 Å². The summed E-state index contributed by atoms with van der Waals surface area (Å²) in [4.78, 5) is 11.6. The lowest BCUT2D eigenvalue weighted by molar-refractivity contribution is -0.136. The summed E-state index contributed by atoms with van der Waals surface area (Å²) in [5.41, 5.74) is 0.853. The number of fused-ring (bicyclic) bond motifs is 1.